The second-order valence-corrected chi connectivity index (χ2v) is 8.49. The summed E-state index contributed by atoms with van der Waals surface area (Å²) in [7, 11) is -3.54. The summed E-state index contributed by atoms with van der Waals surface area (Å²) in [4.78, 5) is 0.289. The number of piperidine rings is 1. The Labute approximate surface area is 133 Å². The molecule has 21 heavy (non-hydrogen) atoms. The average molecular weight is 334 g/mol. The fraction of sp³-hybridized carbons (Fsp3) is 0.929. The lowest BCUT2D eigenvalue weighted by atomic mass is 9.91. The first-order chi connectivity index (χ1) is 9.87. The van der Waals surface area contributed by atoms with Crippen LogP contribution >= 0.6 is 12.2 Å². The van der Waals surface area contributed by atoms with Gasteiger partial charge in [-0.15, -0.1) is 0 Å². The average Bonchev–Trinajstić information content (AvgIpc) is 2.65. The minimum absolute atomic E-state index is 0.0467. The number of rotatable bonds is 4. The molecule has 7 heteroatoms. The Morgan fingerprint density at radius 3 is 2.33 bits per heavy atom. The van der Waals surface area contributed by atoms with Gasteiger partial charge in [0.1, 0.15) is 0 Å². The molecule has 0 aromatic carbocycles. The maximum absolute atomic E-state index is 12.8. The number of hydrogen-bond acceptors (Lipinski definition) is 3. The van der Waals surface area contributed by atoms with E-state index in [1.807, 2.05) is 6.92 Å². The number of nitrogens with zero attached hydrogens (tertiary/aromatic N) is 1. The van der Waals surface area contributed by atoms with Gasteiger partial charge in [0.15, 0.2) is 0 Å². The third-order valence-corrected chi connectivity index (χ3v) is 7.00. The minimum atomic E-state index is -3.54. The largest absolute Gasteiger partial charge is 0.392 e. The number of nitrogens with two attached hydrogens (primary N) is 1. The van der Waals surface area contributed by atoms with Gasteiger partial charge in [-0.25, -0.2) is 0 Å². The molecule has 122 valence electrons. The van der Waals surface area contributed by atoms with E-state index in [0.29, 0.717) is 19.4 Å². The van der Waals surface area contributed by atoms with Crippen LogP contribution in [0.2, 0.25) is 0 Å². The summed E-state index contributed by atoms with van der Waals surface area (Å²) in [5.74, 6) is 0. The van der Waals surface area contributed by atoms with Crippen molar-refractivity contribution in [2.45, 2.75) is 76.3 Å². The lowest BCUT2D eigenvalue weighted by Gasteiger charge is -2.38. The molecule has 5 nitrogen and oxygen atoms in total. The molecule has 0 aromatic rings. The maximum Gasteiger partial charge on any atom is 0.280 e. The minimum Gasteiger partial charge on any atom is -0.392 e. The van der Waals surface area contributed by atoms with E-state index in [0.717, 1.165) is 44.9 Å². The van der Waals surface area contributed by atoms with Gasteiger partial charge in [0.05, 0.1) is 10.5 Å². The number of thiocarbonyl (C=S) groups is 1. The summed E-state index contributed by atoms with van der Waals surface area (Å²) in [6.07, 6.45) is 8.52. The normalized spacial score (nSPS) is 28.0. The molecule has 1 atom stereocenters. The van der Waals surface area contributed by atoms with Gasteiger partial charge in [-0.1, -0.05) is 44.3 Å². The SMILES string of the molecule is CC1CCCCN1S(=O)(=O)NC1(C(N)=S)CCCCCC1. The number of nitrogens with one attached hydrogen (secondary N) is 1. The van der Waals surface area contributed by atoms with Gasteiger partial charge in [-0.3, -0.25) is 0 Å². The van der Waals surface area contributed by atoms with Gasteiger partial charge in [0.2, 0.25) is 0 Å². The van der Waals surface area contributed by atoms with Crippen LogP contribution in [-0.4, -0.2) is 35.8 Å². The van der Waals surface area contributed by atoms with Crippen LogP contribution in [0.4, 0.5) is 0 Å². The van der Waals surface area contributed by atoms with Crippen molar-refractivity contribution in [1.82, 2.24) is 9.03 Å². The van der Waals surface area contributed by atoms with Crippen LogP contribution in [0, 0.1) is 0 Å². The van der Waals surface area contributed by atoms with Crippen molar-refractivity contribution in [3.63, 3.8) is 0 Å². The molecule has 1 aliphatic heterocycles. The van der Waals surface area contributed by atoms with Crippen molar-refractivity contribution in [2.75, 3.05) is 6.54 Å². The zero-order chi connectivity index (χ0) is 15.5. The summed E-state index contributed by atoms with van der Waals surface area (Å²) in [5, 5.41) is 0. The summed E-state index contributed by atoms with van der Waals surface area (Å²) < 4.78 is 30.0. The summed E-state index contributed by atoms with van der Waals surface area (Å²) >= 11 is 5.22. The molecular weight excluding hydrogens is 306 g/mol. The van der Waals surface area contributed by atoms with Crippen LogP contribution in [0.1, 0.15) is 64.7 Å². The predicted molar refractivity (Wildman–Crippen MR) is 89.3 cm³/mol. The maximum atomic E-state index is 12.8. The molecule has 1 saturated carbocycles. The fourth-order valence-corrected chi connectivity index (χ4v) is 5.66. The number of hydrogen-bond donors (Lipinski definition) is 2. The Bertz CT molecular complexity index is 471. The molecule has 1 heterocycles. The molecule has 0 amide bonds. The second kappa shape index (κ2) is 6.89. The van der Waals surface area contributed by atoms with Gasteiger partial charge >= 0.3 is 0 Å². The smallest absolute Gasteiger partial charge is 0.280 e. The highest BCUT2D eigenvalue weighted by atomic mass is 32.2. The van der Waals surface area contributed by atoms with E-state index >= 15 is 0 Å². The van der Waals surface area contributed by atoms with Crippen molar-refractivity contribution < 1.29 is 8.42 Å². The molecule has 2 rings (SSSR count). The molecule has 2 aliphatic rings. The van der Waals surface area contributed by atoms with Crippen LogP contribution in [0.5, 0.6) is 0 Å². The Kier molecular flexibility index (Phi) is 5.62. The Balaban J connectivity index is 2.20. The van der Waals surface area contributed by atoms with E-state index in [2.05, 4.69) is 4.72 Å². The molecule has 0 spiro atoms. The monoisotopic (exact) mass is 333 g/mol. The predicted octanol–water partition coefficient (Wildman–Crippen LogP) is 2.07. The molecule has 1 saturated heterocycles. The third-order valence-electron chi connectivity index (χ3n) is 4.80. The molecule has 3 N–H and O–H groups in total. The zero-order valence-corrected chi connectivity index (χ0v) is 14.4. The molecule has 0 radical (unpaired) electrons. The first-order valence-electron chi connectivity index (χ1n) is 7.98. The topological polar surface area (TPSA) is 75.4 Å². The summed E-state index contributed by atoms with van der Waals surface area (Å²) in [6, 6.07) is 0.0467. The van der Waals surface area contributed by atoms with E-state index in [9.17, 15) is 8.42 Å². The quantitative estimate of drug-likeness (QED) is 0.610. The van der Waals surface area contributed by atoms with Crippen LogP contribution in [0.25, 0.3) is 0 Å². The molecule has 2 fully saturated rings. The highest BCUT2D eigenvalue weighted by Gasteiger charge is 2.41. The molecule has 0 aromatic heterocycles. The van der Waals surface area contributed by atoms with E-state index < -0.39 is 15.7 Å². The van der Waals surface area contributed by atoms with Gasteiger partial charge in [-0.2, -0.15) is 17.4 Å². The first kappa shape index (κ1) is 17.1. The highest BCUT2D eigenvalue weighted by Crippen LogP contribution is 2.30. The molecule has 1 aliphatic carbocycles. The van der Waals surface area contributed by atoms with Crippen LogP contribution in [0.3, 0.4) is 0 Å². The van der Waals surface area contributed by atoms with Crippen LogP contribution in [0.15, 0.2) is 0 Å². The van der Waals surface area contributed by atoms with Crippen LogP contribution in [-0.2, 0) is 10.2 Å². The third kappa shape index (κ3) is 3.94. The first-order valence-corrected chi connectivity index (χ1v) is 9.83. The Morgan fingerprint density at radius 1 is 1.19 bits per heavy atom. The van der Waals surface area contributed by atoms with Crippen molar-refractivity contribution in [2.24, 2.45) is 5.73 Å². The van der Waals surface area contributed by atoms with Crippen molar-refractivity contribution in [3.8, 4) is 0 Å². The van der Waals surface area contributed by atoms with E-state index in [1.54, 1.807) is 4.31 Å². The Morgan fingerprint density at radius 2 is 1.81 bits per heavy atom. The van der Waals surface area contributed by atoms with Gasteiger partial charge < -0.3 is 5.73 Å². The van der Waals surface area contributed by atoms with Crippen molar-refractivity contribution in [1.29, 1.82) is 0 Å². The standard InChI is InChI=1S/C14H27N3O2S2/c1-12-8-4-7-11-17(12)21(18,19)16-14(13(15)20)9-5-2-3-6-10-14/h12,16H,2-11H2,1H3,(H2,15,20). The fourth-order valence-electron chi connectivity index (χ4n) is 3.47. The van der Waals surface area contributed by atoms with E-state index in [-0.39, 0.29) is 11.0 Å². The molecule has 0 bridgehead atoms. The zero-order valence-electron chi connectivity index (χ0n) is 12.8. The van der Waals surface area contributed by atoms with E-state index in [4.69, 9.17) is 18.0 Å². The Hall–Kier alpha value is -0.240. The van der Waals surface area contributed by atoms with E-state index in [1.165, 1.54) is 0 Å². The van der Waals surface area contributed by atoms with Crippen molar-refractivity contribution >= 4 is 27.4 Å². The van der Waals surface area contributed by atoms with Crippen LogP contribution < -0.4 is 10.5 Å². The molecular formula is C14H27N3O2S2. The van der Waals surface area contributed by atoms with Gasteiger partial charge in [0, 0.05) is 12.6 Å². The summed E-state index contributed by atoms with van der Waals surface area (Å²) in [5.41, 5.74) is 5.19. The van der Waals surface area contributed by atoms with Crippen molar-refractivity contribution in [3.05, 3.63) is 0 Å². The lowest BCUT2D eigenvalue weighted by molar-refractivity contribution is 0.260. The second-order valence-electron chi connectivity index (χ2n) is 6.42. The van der Waals surface area contributed by atoms with Gasteiger partial charge in [-0.05, 0) is 32.6 Å². The summed E-state index contributed by atoms with van der Waals surface area (Å²) in [6.45, 7) is 2.56. The molecule has 1 unspecified atom stereocenters. The lowest BCUT2D eigenvalue weighted by Crippen LogP contribution is -2.60. The van der Waals surface area contributed by atoms with Gasteiger partial charge in [0.25, 0.3) is 10.2 Å². The highest BCUT2D eigenvalue weighted by molar-refractivity contribution is 7.87.